The number of hydrogen-bond donors (Lipinski definition) is 0. The van der Waals surface area contributed by atoms with Crippen LogP contribution in [0.2, 0.25) is 0 Å². The van der Waals surface area contributed by atoms with E-state index < -0.39 is 5.82 Å². The Hall–Kier alpha value is -2.47. The number of benzene rings is 2. The first-order valence-electron chi connectivity index (χ1n) is 8.74. The lowest BCUT2D eigenvalue weighted by Gasteiger charge is -2.22. The molecule has 138 valence electrons. The molecule has 1 aliphatic rings. The van der Waals surface area contributed by atoms with E-state index in [9.17, 15) is 13.6 Å². The Labute approximate surface area is 152 Å². The van der Waals surface area contributed by atoms with E-state index in [0.717, 1.165) is 31.6 Å². The monoisotopic (exact) mass is 360 g/mol. The Morgan fingerprint density at radius 1 is 0.962 bits per heavy atom. The first-order valence-corrected chi connectivity index (χ1v) is 8.74. The van der Waals surface area contributed by atoms with Gasteiger partial charge in [-0.05, 0) is 36.2 Å². The van der Waals surface area contributed by atoms with Crippen LogP contribution in [0.25, 0.3) is 0 Å². The fraction of sp³-hybridized carbons (Fsp3) is 0.350. The van der Waals surface area contributed by atoms with Crippen molar-refractivity contribution in [3.8, 4) is 5.75 Å². The van der Waals surface area contributed by atoms with Crippen molar-refractivity contribution in [3.63, 3.8) is 0 Å². The standard InChI is InChI=1S/C20H22F2N2O2/c21-17-8-6-16(7-9-17)14-23-10-3-11-24(13-12-23)20(25)15-26-19-5-2-1-4-18(19)22/h1-2,4-9H,3,10-15H2. The average Bonchev–Trinajstić information content (AvgIpc) is 2.88. The van der Waals surface area contributed by atoms with Crippen LogP contribution in [0.15, 0.2) is 48.5 Å². The number of amides is 1. The minimum absolute atomic E-state index is 0.0913. The first-order chi connectivity index (χ1) is 12.6. The largest absolute Gasteiger partial charge is 0.481 e. The predicted octanol–water partition coefficient (Wildman–Crippen LogP) is 3.08. The van der Waals surface area contributed by atoms with E-state index in [1.54, 1.807) is 29.2 Å². The van der Waals surface area contributed by atoms with Crippen LogP contribution in [0.5, 0.6) is 5.75 Å². The van der Waals surface area contributed by atoms with Crippen LogP contribution in [0.3, 0.4) is 0 Å². The quantitative estimate of drug-likeness (QED) is 0.822. The average molecular weight is 360 g/mol. The lowest BCUT2D eigenvalue weighted by Crippen LogP contribution is -2.38. The fourth-order valence-electron chi connectivity index (χ4n) is 3.02. The first kappa shape index (κ1) is 18.3. The number of carbonyl (C=O) groups excluding carboxylic acids is 1. The zero-order valence-electron chi connectivity index (χ0n) is 14.5. The van der Waals surface area contributed by atoms with E-state index in [4.69, 9.17) is 4.74 Å². The maximum Gasteiger partial charge on any atom is 0.260 e. The third-order valence-electron chi connectivity index (χ3n) is 4.45. The van der Waals surface area contributed by atoms with Gasteiger partial charge in [0.15, 0.2) is 18.2 Å². The summed E-state index contributed by atoms with van der Waals surface area (Å²) in [5.74, 6) is -0.761. The second-order valence-corrected chi connectivity index (χ2v) is 6.36. The fourth-order valence-corrected chi connectivity index (χ4v) is 3.02. The molecule has 0 spiro atoms. The van der Waals surface area contributed by atoms with Crippen LogP contribution in [0.4, 0.5) is 8.78 Å². The number of ether oxygens (including phenoxy) is 1. The highest BCUT2D eigenvalue weighted by atomic mass is 19.1. The van der Waals surface area contributed by atoms with E-state index >= 15 is 0 Å². The van der Waals surface area contributed by atoms with Crippen LogP contribution in [-0.2, 0) is 11.3 Å². The van der Waals surface area contributed by atoms with Crippen LogP contribution in [0.1, 0.15) is 12.0 Å². The van der Waals surface area contributed by atoms with Crippen LogP contribution in [-0.4, -0.2) is 48.5 Å². The summed E-state index contributed by atoms with van der Waals surface area (Å²) in [5, 5.41) is 0. The van der Waals surface area contributed by atoms with Gasteiger partial charge in [0.2, 0.25) is 0 Å². The van der Waals surface area contributed by atoms with E-state index in [0.29, 0.717) is 13.1 Å². The van der Waals surface area contributed by atoms with Gasteiger partial charge >= 0.3 is 0 Å². The zero-order valence-corrected chi connectivity index (χ0v) is 14.5. The van der Waals surface area contributed by atoms with Crippen molar-refractivity contribution in [1.29, 1.82) is 0 Å². The molecule has 0 bridgehead atoms. The highest BCUT2D eigenvalue weighted by molar-refractivity contribution is 5.77. The zero-order chi connectivity index (χ0) is 18.4. The number of para-hydroxylation sites is 1. The molecule has 2 aromatic carbocycles. The van der Waals surface area contributed by atoms with Gasteiger partial charge in [-0.25, -0.2) is 8.78 Å². The van der Waals surface area contributed by atoms with E-state index in [1.807, 2.05) is 0 Å². The van der Waals surface area contributed by atoms with E-state index in [2.05, 4.69) is 4.90 Å². The summed E-state index contributed by atoms with van der Waals surface area (Å²) in [6.07, 6.45) is 0.854. The summed E-state index contributed by atoms with van der Waals surface area (Å²) in [7, 11) is 0. The van der Waals surface area contributed by atoms with Crippen molar-refractivity contribution in [3.05, 3.63) is 65.7 Å². The SMILES string of the molecule is O=C(COc1ccccc1F)N1CCCN(Cc2ccc(F)cc2)CC1. The third-order valence-corrected chi connectivity index (χ3v) is 4.45. The lowest BCUT2D eigenvalue weighted by molar-refractivity contribution is -0.133. The minimum Gasteiger partial charge on any atom is -0.481 e. The molecule has 0 N–H and O–H groups in total. The number of nitrogens with zero attached hydrogens (tertiary/aromatic N) is 2. The molecule has 3 rings (SSSR count). The van der Waals surface area contributed by atoms with Gasteiger partial charge in [-0.3, -0.25) is 9.69 Å². The summed E-state index contributed by atoms with van der Waals surface area (Å²) >= 11 is 0. The van der Waals surface area contributed by atoms with E-state index in [-0.39, 0.29) is 24.1 Å². The maximum absolute atomic E-state index is 13.6. The van der Waals surface area contributed by atoms with Crippen molar-refractivity contribution in [1.82, 2.24) is 9.80 Å². The van der Waals surface area contributed by atoms with E-state index in [1.165, 1.54) is 24.3 Å². The van der Waals surface area contributed by atoms with Gasteiger partial charge in [0.1, 0.15) is 5.82 Å². The minimum atomic E-state index is -0.471. The molecule has 2 aromatic rings. The van der Waals surface area contributed by atoms with Crippen molar-refractivity contribution in [2.45, 2.75) is 13.0 Å². The van der Waals surface area contributed by atoms with Gasteiger partial charge < -0.3 is 9.64 Å². The maximum atomic E-state index is 13.6. The molecule has 6 heteroatoms. The summed E-state index contributed by atoms with van der Waals surface area (Å²) in [6, 6.07) is 12.5. The number of carbonyl (C=O) groups is 1. The summed E-state index contributed by atoms with van der Waals surface area (Å²) in [4.78, 5) is 16.4. The molecule has 1 heterocycles. The molecule has 1 saturated heterocycles. The highest BCUT2D eigenvalue weighted by Gasteiger charge is 2.20. The van der Waals surface area contributed by atoms with Crippen molar-refractivity contribution >= 4 is 5.91 Å². The molecular weight excluding hydrogens is 338 g/mol. The van der Waals surface area contributed by atoms with Gasteiger partial charge in [-0.1, -0.05) is 24.3 Å². The van der Waals surface area contributed by atoms with Gasteiger partial charge in [0.25, 0.3) is 5.91 Å². The molecular formula is C20H22F2N2O2. The Kier molecular flexibility index (Phi) is 6.17. The molecule has 0 radical (unpaired) electrons. The van der Waals surface area contributed by atoms with Gasteiger partial charge in [0, 0.05) is 32.7 Å². The molecule has 26 heavy (non-hydrogen) atoms. The molecule has 0 saturated carbocycles. The molecule has 4 nitrogen and oxygen atoms in total. The normalized spacial score (nSPS) is 15.5. The second kappa shape index (κ2) is 8.76. The van der Waals surface area contributed by atoms with Crippen molar-refractivity contribution in [2.75, 3.05) is 32.8 Å². The molecule has 1 amide bonds. The van der Waals surface area contributed by atoms with Gasteiger partial charge in [-0.2, -0.15) is 0 Å². The summed E-state index contributed by atoms with van der Waals surface area (Å²) < 4.78 is 31.9. The van der Waals surface area contributed by atoms with Gasteiger partial charge in [0.05, 0.1) is 0 Å². The summed E-state index contributed by atoms with van der Waals surface area (Å²) in [5.41, 5.74) is 1.05. The Morgan fingerprint density at radius 2 is 1.73 bits per heavy atom. The number of rotatable bonds is 5. The Balaban J connectivity index is 1.49. The van der Waals surface area contributed by atoms with Crippen LogP contribution >= 0.6 is 0 Å². The van der Waals surface area contributed by atoms with Crippen molar-refractivity contribution < 1.29 is 18.3 Å². The molecule has 1 fully saturated rings. The predicted molar refractivity (Wildman–Crippen MR) is 94.8 cm³/mol. The molecule has 0 atom stereocenters. The summed E-state index contributed by atoms with van der Waals surface area (Å²) in [6.45, 7) is 3.42. The lowest BCUT2D eigenvalue weighted by atomic mass is 10.2. The highest BCUT2D eigenvalue weighted by Crippen LogP contribution is 2.16. The van der Waals surface area contributed by atoms with Gasteiger partial charge in [-0.15, -0.1) is 0 Å². The molecule has 0 aromatic heterocycles. The number of halogens is 2. The Morgan fingerprint density at radius 3 is 2.50 bits per heavy atom. The van der Waals surface area contributed by atoms with Crippen molar-refractivity contribution in [2.24, 2.45) is 0 Å². The van der Waals surface area contributed by atoms with Crippen LogP contribution < -0.4 is 4.74 Å². The Bertz CT molecular complexity index is 737. The smallest absolute Gasteiger partial charge is 0.260 e. The molecule has 0 unspecified atom stereocenters. The third kappa shape index (κ3) is 5.02. The number of hydrogen-bond acceptors (Lipinski definition) is 3. The molecule has 0 aliphatic carbocycles. The molecule has 1 aliphatic heterocycles. The second-order valence-electron chi connectivity index (χ2n) is 6.36. The van der Waals surface area contributed by atoms with Crippen LogP contribution in [0, 0.1) is 11.6 Å². The topological polar surface area (TPSA) is 32.8 Å².